The molecule has 0 saturated heterocycles. The van der Waals surface area contributed by atoms with Crippen LogP contribution in [0.2, 0.25) is 4.75 Å². The van der Waals surface area contributed by atoms with Crippen LogP contribution in [0.5, 0.6) is 0 Å². The molecule has 0 nitrogen and oxygen atoms in total. The molecule has 1 rings (SSSR count). The van der Waals surface area contributed by atoms with Gasteiger partial charge in [-0.1, -0.05) is 0 Å². The monoisotopic (exact) mass is 265 g/mol. The van der Waals surface area contributed by atoms with Gasteiger partial charge < -0.3 is 0 Å². The van der Waals surface area contributed by atoms with E-state index >= 15 is 0 Å². The van der Waals surface area contributed by atoms with Crippen molar-refractivity contribution in [1.82, 2.24) is 0 Å². The zero-order valence-corrected chi connectivity index (χ0v) is 10.4. The summed E-state index contributed by atoms with van der Waals surface area (Å²) in [7, 11) is 0. The van der Waals surface area contributed by atoms with Crippen LogP contribution >= 0.6 is 37.2 Å². The van der Waals surface area contributed by atoms with Gasteiger partial charge in [-0.3, -0.25) is 0 Å². The van der Waals surface area contributed by atoms with E-state index in [1.807, 2.05) is 0 Å². The molecule has 0 aromatic carbocycles. The SMILES string of the molecule is Cl.Cl.Cl.[Ge][CH]1CCCCC1. The molecule has 3 radical (unpaired) electrons. The summed E-state index contributed by atoms with van der Waals surface area (Å²) in [5.74, 6) is 0. The van der Waals surface area contributed by atoms with Crippen molar-refractivity contribution in [3.63, 3.8) is 0 Å². The van der Waals surface area contributed by atoms with E-state index < -0.39 is 0 Å². The van der Waals surface area contributed by atoms with Crippen LogP contribution in [0.1, 0.15) is 32.1 Å². The predicted molar refractivity (Wildman–Crippen MR) is 54.3 cm³/mol. The predicted octanol–water partition coefficient (Wildman–Crippen LogP) is 3.17. The first-order chi connectivity index (χ1) is 3.39. The molecule has 1 saturated carbocycles. The van der Waals surface area contributed by atoms with Gasteiger partial charge in [-0.2, -0.15) is 0 Å². The van der Waals surface area contributed by atoms with Crippen LogP contribution in [-0.4, -0.2) is 16.5 Å². The van der Waals surface area contributed by atoms with Crippen molar-refractivity contribution in [2.24, 2.45) is 0 Å². The Labute approximate surface area is 90.4 Å². The first kappa shape index (κ1) is 17.5. The molecule has 10 heavy (non-hydrogen) atoms. The van der Waals surface area contributed by atoms with E-state index in [1.165, 1.54) is 32.1 Å². The molecule has 0 amide bonds. The molecule has 0 aromatic heterocycles. The van der Waals surface area contributed by atoms with Crippen molar-refractivity contribution in [3.8, 4) is 0 Å². The zero-order chi connectivity index (χ0) is 5.11. The second-order valence-corrected chi connectivity index (χ2v) is 4.05. The molecule has 1 fully saturated rings. The van der Waals surface area contributed by atoms with Crippen molar-refractivity contribution >= 4 is 53.7 Å². The van der Waals surface area contributed by atoms with Crippen molar-refractivity contribution in [2.45, 2.75) is 36.9 Å². The van der Waals surface area contributed by atoms with Crippen LogP contribution < -0.4 is 0 Å². The van der Waals surface area contributed by atoms with Gasteiger partial charge in [0.1, 0.15) is 0 Å². The van der Waals surface area contributed by atoms with E-state index in [9.17, 15) is 0 Å². The average Bonchev–Trinajstić information content (AvgIpc) is 1.69. The molecule has 0 N–H and O–H groups in total. The second kappa shape index (κ2) is 10.4. The third kappa shape index (κ3) is 7.52. The summed E-state index contributed by atoms with van der Waals surface area (Å²) in [5.41, 5.74) is 0. The number of halogens is 3. The van der Waals surface area contributed by atoms with Gasteiger partial charge >= 0.3 is 53.4 Å². The molecule has 63 valence electrons. The van der Waals surface area contributed by atoms with Crippen LogP contribution in [0.15, 0.2) is 0 Å². The maximum absolute atomic E-state index is 2.36. The van der Waals surface area contributed by atoms with Crippen LogP contribution in [0.4, 0.5) is 0 Å². The number of hydrogen-bond donors (Lipinski definition) is 0. The summed E-state index contributed by atoms with van der Waals surface area (Å²) in [4.78, 5) is 0. The van der Waals surface area contributed by atoms with E-state index in [1.54, 1.807) is 0 Å². The van der Waals surface area contributed by atoms with E-state index in [4.69, 9.17) is 0 Å². The summed E-state index contributed by atoms with van der Waals surface area (Å²) in [6, 6.07) is 0. The molecule has 1 aliphatic rings. The van der Waals surface area contributed by atoms with Gasteiger partial charge in [0.15, 0.2) is 0 Å². The first-order valence-corrected chi connectivity index (χ1v) is 4.32. The molecule has 1 aliphatic carbocycles. The molecule has 0 heterocycles. The molecule has 4 heteroatoms. The molecule has 0 aromatic rings. The van der Waals surface area contributed by atoms with Crippen LogP contribution in [0, 0.1) is 0 Å². The summed E-state index contributed by atoms with van der Waals surface area (Å²) in [6.07, 6.45) is 7.44. The molecule has 0 atom stereocenters. The Morgan fingerprint density at radius 3 is 1.40 bits per heavy atom. The summed E-state index contributed by atoms with van der Waals surface area (Å²) >= 11 is 2.36. The Morgan fingerprint density at radius 1 is 0.800 bits per heavy atom. The summed E-state index contributed by atoms with van der Waals surface area (Å²) in [5, 5.41) is 0. The Kier molecular flexibility index (Phi) is 18.2. The summed E-state index contributed by atoms with van der Waals surface area (Å²) < 4.78 is 1.04. The topological polar surface area (TPSA) is 0 Å². The Hall–Kier alpha value is 1.41. The van der Waals surface area contributed by atoms with Gasteiger partial charge in [0.2, 0.25) is 0 Å². The van der Waals surface area contributed by atoms with Crippen molar-refractivity contribution < 1.29 is 0 Å². The normalized spacial score (nSPS) is 17.7. The van der Waals surface area contributed by atoms with Gasteiger partial charge in [0.05, 0.1) is 0 Å². The quantitative estimate of drug-likeness (QED) is 0.590. The van der Waals surface area contributed by atoms with Gasteiger partial charge in [0.25, 0.3) is 0 Å². The first-order valence-electron chi connectivity index (χ1n) is 3.11. The second-order valence-electron chi connectivity index (χ2n) is 2.33. The fourth-order valence-corrected chi connectivity index (χ4v) is 1.96. The number of rotatable bonds is 0. The Balaban J connectivity index is -0.000000163. The average molecular weight is 265 g/mol. The molecule has 0 aliphatic heterocycles. The fourth-order valence-electron chi connectivity index (χ4n) is 1.10. The Morgan fingerprint density at radius 2 is 1.20 bits per heavy atom. The standard InChI is InChI=1S/C6H11Ge.3ClH/c7-6-4-2-1-3-5-6;;;/h6H,1-5H2;3*1H. The zero-order valence-electron chi connectivity index (χ0n) is 5.84. The van der Waals surface area contributed by atoms with Crippen molar-refractivity contribution in [2.75, 3.05) is 0 Å². The van der Waals surface area contributed by atoms with E-state index in [2.05, 4.69) is 16.5 Å². The van der Waals surface area contributed by atoms with Gasteiger partial charge in [-0.25, -0.2) is 0 Å². The Bertz CT molecular complexity index is 55.0. The van der Waals surface area contributed by atoms with E-state index in [0.717, 1.165) is 4.75 Å². The molecular weight excluding hydrogens is 251 g/mol. The molecule has 0 bridgehead atoms. The third-order valence-electron chi connectivity index (χ3n) is 1.61. The van der Waals surface area contributed by atoms with Gasteiger partial charge in [0, 0.05) is 0 Å². The third-order valence-corrected chi connectivity index (χ3v) is 2.82. The fraction of sp³-hybridized carbons (Fsp3) is 1.00. The van der Waals surface area contributed by atoms with E-state index in [-0.39, 0.29) is 37.2 Å². The van der Waals surface area contributed by atoms with Crippen LogP contribution in [-0.2, 0) is 0 Å². The van der Waals surface area contributed by atoms with E-state index in [0.29, 0.717) is 0 Å². The van der Waals surface area contributed by atoms with Crippen LogP contribution in [0.25, 0.3) is 0 Å². The minimum atomic E-state index is 0. The summed E-state index contributed by atoms with van der Waals surface area (Å²) in [6.45, 7) is 0. The van der Waals surface area contributed by atoms with Gasteiger partial charge in [-0.15, -0.1) is 37.2 Å². The molecule has 0 spiro atoms. The van der Waals surface area contributed by atoms with Crippen molar-refractivity contribution in [3.05, 3.63) is 0 Å². The van der Waals surface area contributed by atoms with Gasteiger partial charge in [-0.05, 0) is 0 Å². The number of hydrogen-bond acceptors (Lipinski definition) is 0. The molecular formula is C6H14Cl3Ge. The maximum atomic E-state index is 2.36. The van der Waals surface area contributed by atoms with Crippen molar-refractivity contribution in [1.29, 1.82) is 0 Å². The van der Waals surface area contributed by atoms with Crippen LogP contribution in [0.3, 0.4) is 0 Å². The molecule has 0 unspecified atom stereocenters. The minimum absolute atomic E-state index is 0.